The van der Waals surface area contributed by atoms with E-state index < -0.39 is 17.9 Å². The van der Waals surface area contributed by atoms with E-state index in [9.17, 15) is 9.59 Å². The van der Waals surface area contributed by atoms with Crippen molar-refractivity contribution in [2.45, 2.75) is 33.4 Å². The molecule has 0 bridgehead atoms. The Hall–Kier alpha value is -4.94. The van der Waals surface area contributed by atoms with E-state index in [0.717, 1.165) is 10.9 Å². The number of nitrogens with zero attached hydrogens (tertiary/aromatic N) is 1. The lowest BCUT2D eigenvalue weighted by Crippen LogP contribution is -2.45. The number of rotatable bonds is 13. The topological polar surface area (TPSA) is 120 Å². The molecule has 1 aliphatic heterocycles. The van der Waals surface area contributed by atoms with E-state index in [1.807, 2.05) is 37.3 Å². The first kappa shape index (κ1) is 34.4. The highest BCUT2D eigenvalue weighted by atomic mass is 79.9. The van der Waals surface area contributed by atoms with Gasteiger partial charge >= 0.3 is 5.97 Å². The van der Waals surface area contributed by atoms with Crippen LogP contribution in [0.15, 0.2) is 99.7 Å². The van der Waals surface area contributed by atoms with Crippen molar-refractivity contribution in [1.82, 2.24) is 16.1 Å². The molecule has 248 valence electrons. The molecule has 1 aliphatic rings. The molecule has 0 fully saturated rings. The molecule has 0 radical (unpaired) electrons. The van der Waals surface area contributed by atoms with Crippen LogP contribution in [0, 0.1) is 0 Å². The Labute approximate surface area is 292 Å². The van der Waals surface area contributed by atoms with Gasteiger partial charge in [0.2, 0.25) is 0 Å². The second-order valence-corrected chi connectivity index (χ2v) is 11.9. The smallest absolute Gasteiger partial charge is 0.338 e. The van der Waals surface area contributed by atoms with E-state index in [4.69, 9.17) is 31.2 Å². The standard InChI is InChI=1S/C36H35BrN4O6S/c1-4-44-30-18-24(17-28(37)34(30)47-20-23-14-15-25-10-6-7-11-26(25)16-23)19-38-41-31(42)21-46-29-13-9-8-12-27(29)33-32(35(43)45-5-2)22(3)39-36(48)40-33/h6-19,33H,4-5,20-21H2,1-3H3,(H,41,42)(H2,39,40,48)/t33-/m0/s1. The van der Waals surface area contributed by atoms with Gasteiger partial charge < -0.3 is 29.6 Å². The first-order valence-electron chi connectivity index (χ1n) is 15.3. The fraction of sp³-hybridized carbons (Fsp3) is 0.222. The molecule has 0 aliphatic carbocycles. The minimum Gasteiger partial charge on any atom is -0.490 e. The van der Waals surface area contributed by atoms with Gasteiger partial charge in [0.05, 0.1) is 35.5 Å². The maximum absolute atomic E-state index is 12.8. The third kappa shape index (κ3) is 8.50. The summed E-state index contributed by atoms with van der Waals surface area (Å²) in [6.45, 7) is 6.08. The molecule has 0 unspecified atom stereocenters. The van der Waals surface area contributed by atoms with E-state index in [0.29, 0.717) is 62.4 Å². The van der Waals surface area contributed by atoms with Gasteiger partial charge in [0.25, 0.3) is 5.91 Å². The Balaban J connectivity index is 1.22. The van der Waals surface area contributed by atoms with Crippen LogP contribution >= 0.6 is 28.1 Å². The van der Waals surface area contributed by atoms with Crippen molar-refractivity contribution in [2.24, 2.45) is 5.10 Å². The highest BCUT2D eigenvalue weighted by molar-refractivity contribution is 9.10. The minimum atomic E-state index is -0.632. The number of fused-ring (bicyclic) bond motifs is 1. The third-order valence-electron chi connectivity index (χ3n) is 7.28. The minimum absolute atomic E-state index is 0.222. The van der Waals surface area contributed by atoms with Crippen LogP contribution in [0.1, 0.15) is 43.5 Å². The quantitative estimate of drug-likeness (QED) is 0.0616. The highest BCUT2D eigenvalue weighted by Gasteiger charge is 2.32. The van der Waals surface area contributed by atoms with Gasteiger partial charge in [-0.05, 0) is 95.1 Å². The second kappa shape index (κ2) is 16.2. The molecule has 4 aromatic carbocycles. The number of carbonyl (C=O) groups excluding carboxylic acids is 2. The van der Waals surface area contributed by atoms with Gasteiger partial charge in [-0.1, -0.05) is 54.6 Å². The summed E-state index contributed by atoms with van der Waals surface area (Å²) in [6.07, 6.45) is 1.51. The monoisotopic (exact) mass is 730 g/mol. The highest BCUT2D eigenvalue weighted by Crippen LogP contribution is 2.37. The van der Waals surface area contributed by atoms with Crippen LogP contribution < -0.4 is 30.3 Å². The van der Waals surface area contributed by atoms with Gasteiger partial charge in [0.1, 0.15) is 12.4 Å². The fourth-order valence-corrected chi connectivity index (χ4v) is 6.01. The van der Waals surface area contributed by atoms with Gasteiger partial charge in [-0.2, -0.15) is 5.10 Å². The van der Waals surface area contributed by atoms with E-state index in [1.54, 1.807) is 38.1 Å². The van der Waals surface area contributed by atoms with Crippen molar-refractivity contribution < 1.29 is 28.5 Å². The number of ether oxygens (including phenoxy) is 4. The Morgan fingerprint density at radius 3 is 2.50 bits per heavy atom. The lowest BCUT2D eigenvalue weighted by Gasteiger charge is -2.30. The molecule has 0 spiro atoms. The lowest BCUT2D eigenvalue weighted by atomic mass is 9.95. The number of halogens is 1. The van der Waals surface area contributed by atoms with Crippen molar-refractivity contribution in [3.05, 3.63) is 111 Å². The average Bonchev–Trinajstić information content (AvgIpc) is 3.07. The van der Waals surface area contributed by atoms with Crippen molar-refractivity contribution in [3.63, 3.8) is 0 Å². The summed E-state index contributed by atoms with van der Waals surface area (Å²) in [6, 6.07) is 24.5. The van der Waals surface area contributed by atoms with Gasteiger partial charge in [0.15, 0.2) is 23.2 Å². The SMILES string of the molecule is CCOC(=O)C1=C(C)NC(=S)N[C@H]1c1ccccc1OCC(=O)NN=Cc1cc(Br)c(OCc2ccc3ccccc3c2)c(OCC)c1. The summed E-state index contributed by atoms with van der Waals surface area (Å²) in [4.78, 5) is 25.5. The van der Waals surface area contributed by atoms with Crippen molar-refractivity contribution >= 4 is 62.1 Å². The van der Waals surface area contributed by atoms with Crippen LogP contribution in [0.5, 0.6) is 17.2 Å². The average molecular weight is 732 g/mol. The summed E-state index contributed by atoms with van der Waals surface area (Å²) in [7, 11) is 0. The van der Waals surface area contributed by atoms with Crippen molar-refractivity contribution in [2.75, 3.05) is 19.8 Å². The summed E-state index contributed by atoms with van der Waals surface area (Å²) in [5.41, 5.74) is 5.77. The molecule has 12 heteroatoms. The molecule has 10 nitrogen and oxygen atoms in total. The Morgan fingerprint density at radius 1 is 0.938 bits per heavy atom. The number of para-hydroxylation sites is 1. The molecular formula is C36H35BrN4O6S. The number of benzene rings is 4. The van der Waals surface area contributed by atoms with Crippen LogP contribution in [-0.2, 0) is 20.9 Å². The number of allylic oxidation sites excluding steroid dienone is 1. The van der Waals surface area contributed by atoms with Crippen LogP contribution in [0.3, 0.4) is 0 Å². The van der Waals surface area contributed by atoms with E-state index in [-0.39, 0.29) is 13.2 Å². The van der Waals surface area contributed by atoms with Crippen LogP contribution in [0.25, 0.3) is 10.8 Å². The maximum Gasteiger partial charge on any atom is 0.338 e. The zero-order valence-corrected chi connectivity index (χ0v) is 29.1. The molecule has 1 heterocycles. The number of nitrogens with one attached hydrogen (secondary N) is 3. The van der Waals surface area contributed by atoms with Crippen molar-refractivity contribution in [3.8, 4) is 17.2 Å². The Bertz CT molecular complexity index is 1900. The molecule has 3 N–H and O–H groups in total. The van der Waals surface area contributed by atoms with Gasteiger partial charge in [-0.15, -0.1) is 0 Å². The summed E-state index contributed by atoms with van der Waals surface area (Å²) in [5.74, 6) is 0.550. The molecule has 0 saturated carbocycles. The number of hydrogen-bond acceptors (Lipinski definition) is 8. The third-order valence-corrected chi connectivity index (χ3v) is 8.09. The fourth-order valence-electron chi connectivity index (χ4n) is 5.16. The first-order valence-corrected chi connectivity index (χ1v) is 16.5. The summed E-state index contributed by atoms with van der Waals surface area (Å²) < 4.78 is 23.9. The van der Waals surface area contributed by atoms with Gasteiger partial charge in [0, 0.05) is 11.3 Å². The van der Waals surface area contributed by atoms with Gasteiger partial charge in [-0.25, -0.2) is 10.2 Å². The zero-order valence-electron chi connectivity index (χ0n) is 26.7. The second-order valence-electron chi connectivity index (χ2n) is 10.6. The number of carbonyl (C=O) groups is 2. The van der Waals surface area contributed by atoms with Crippen LogP contribution in [-0.4, -0.2) is 43.0 Å². The predicted molar refractivity (Wildman–Crippen MR) is 192 cm³/mol. The number of thiocarbonyl (C=S) groups is 1. The lowest BCUT2D eigenvalue weighted by molar-refractivity contribution is -0.139. The first-order chi connectivity index (χ1) is 23.3. The summed E-state index contributed by atoms with van der Waals surface area (Å²) >= 11 is 8.94. The molecule has 1 atom stereocenters. The molecule has 1 amide bonds. The molecule has 5 rings (SSSR count). The van der Waals surface area contributed by atoms with Crippen LogP contribution in [0.4, 0.5) is 0 Å². The number of esters is 1. The van der Waals surface area contributed by atoms with Crippen molar-refractivity contribution in [1.29, 1.82) is 0 Å². The van der Waals surface area contributed by atoms with E-state index >= 15 is 0 Å². The van der Waals surface area contributed by atoms with Gasteiger partial charge in [-0.3, -0.25) is 4.79 Å². The van der Waals surface area contributed by atoms with E-state index in [1.165, 1.54) is 11.6 Å². The molecule has 0 saturated heterocycles. The predicted octanol–water partition coefficient (Wildman–Crippen LogP) is 6.47. The van der Waals surface area contributed by atoms with Crippen LogP contribution in [0.2, 0.25) is 0 Å². The van der Waals surface area contributed by atoms with E-state index in [2.05, 4.69) is 61.4 Å². The Kier molecular flexibility index (Phi) is 11.6. The Morgan fingerprint density at radius 2 is 1.71 bits per heavy atom. The summed E-state index contributed by atoms with van der Waals surface area (Å²) in [5, 5.41) is 12.9. The molecule has 4 aromatic rings. The number of hydrazone groups is 1. The number of amides is 1. The zero-order chi connectivity index (χ0) is 34.0. The molecular weight excluding hydrogens is 696 g/mol. The largest absolute Gasteiger partial charge is 0.490 e. The normalized spacial score (nSPS) is 14.3. The molecule has 0 aromatic heterocycles. The number of hydrogen-bond donors (Lipinski definition) is 3. The maximum atomic E-state index is 12.8. The molecule has 48 heavy (non-hydrogen) atoms.